The molecule has 0 radical (unpaired) electrons. The maximum absolute atomic E-state index is 12.8. The van der Waals surface area contributed by atoms with Gasteiger partial charge >= 0.3 is 5.97 Å². The molecule has 1 aliphatic rings. The van der Waals surface area contributed by atoms with Gasteiger partial charge in [0.2, 0.25) is 0 Å². The van der Waals surface area contributed by atoms with E-state index in [4.69, 9.17) is 14.2 Å². The molecule has 0 saturated carbocycles. The summed E-state index contributed by atoms with van der Waals surface area (Å²) in [6, 6.07) is 13.0. The molecule has 1 amide bonds. The summed E-state index contributed by atoms with van der Waals surface area (Å²) in [7, 11) is 1.52. The zero-order valence-electron chi connectivity index (χ0n) is 18.0. The van der Waals surface area contributed by atoms with E-state index < -0.39 is 12.1 Å². The van der Waals surface area contributed by atoms with Crippen molar-refractivity contribution < 1.29 is 23.8 Å². The van der Waals surface area contributed by atoms with Crippen LogP contribution in [0.2, 0.25) is 0 Å². The van der Waals surface area contributed by atoms with E-state index in [9.17, 15) is 9.59 Å². The minimum absolute atomic E-state index is 0.193. The maximum Gasteiger partial charge on any atom is 0.339 e. The molecule has 160 valence electrons. The number of carbonyl (C=O) groups is 2. The molecule has 0 unspecified atom stereocenters. The van der Waals surface area contributed by atoms with Gasteiger partial charge in [0.15, 0.2) is 17.6 Å². The maximum atomic E-state index is 12.8. The van der Waals surface area contributed by atoms with Crippen LogP contribution in [0.5, 0.6) is 11.5 Å². The third-order valence-electron chi connectivity index (χ3n) is 5.05. The summed E-state index contributed by atoms with van der Waals surface area (Å²) in [4.78, 5) is 27.1. The fourth-order valence-electron chi connectivity index (χ4n) is 3.39. The number of nitrogens with zero attached hydrogens (tertiary/aromatic N) is 1. The van der Waals surface area contributed by atoms with Gasteiger partial charge in [0.25, 0.3) is 5.91 Å². The molecule has 6 heteroatoms. The van der Waals surface area contributed by atoms with Crippen LogP contribution in [-0.2, 0) is 22.5 Å². The number of amides is 1. The van der Waals surface area contributed by atoms with Crippen LogP contribution in [0.15, 0.2) is 42.5 Å². The van der Waals surface area contributed by atoms with Gasteiger partial charge < -0.3 is 19.1 Å². The van der Waals surface area contributed by atoms with Gasteiger partial charge in [0.05, 0.1) is 19.3 Å². The zero-order valence-corrected chi connectivity index (χ0v) is 18.0. The highest BCUT2D eigenvalue weighted by molar-refractivity contribution is 5.93. The van der Waals surface area contributed by atoms with Gasteiger partial charge in [-0.15, -0.1) is 0 Å². The van der Waals surface area contributed by atoms with Gasteiger partial charge in [0, 0.05) is 13.1 Å². The Morgan fingerprint density at radius 2 is 1.77 bits per heavy atom. The molecule has 0 spiro atoms. The van der Waals surface area contributed by atoms with Gasteiger partial charge in [-0.25, -0.2) is 4.79 Å². The van der Waals surface area contributed by atoms with Crippen LogP contribution in [-0.4, -0.2) is 43.1 Å². The van der Waals surface area contributed by atoms with Crippen molar-refractivity contribution in [3.63, 3.8) is 0 Å². The average Bonchev–Trinajstić information content (AvgIpc) is 2.76. The van der Waals surface area contributed by atoms with Gasteiger partial charge in [0.1, 0.15) is 0 Å². The van der Waals surface area contributed by atoms with E-state index in [0.717, 1.165) is 12.0 Å². The molecular formula is C24H29NO5. The molecule has 1 heterocycles. The van der Waals surface area contributed by atoms with E-state index in [2.05, 4.69) is 19.9 Å². The van der Waals surface area contributed by atoms with Crippen LogP contribution in [0.1, 0.15) is 42.3 Å². The van der Waals surface area contributed by atoms with Crippen LogP contribution in [0.3, 0.4) is 0 Å². The van der Waals surface area contributed by atoms with E-state index in [0.29, 0.717) is 42.7 Å². The smallest absolute Gasteiger partial charge is 0.339 e. The number of esters is 1. The van der Waals surface area contributed by atoms with Crippen molar-refractivity contribution in [2.45, 2.75) is 39.8 Å². The largest absolute Gasteiger partial charge is 0.493 e. The third kappa shape index (κ3) is 5.12. The van der Waals surface area contributed by atoms with E-state index in [1.165, 1.54) is 12.7 Å². The van der Waals surface area contributed by atoms with Crippen molar-refractivity contribution in [3.05, 3.63) is 59.2 Å². The quantitative estimate of drug-likeness (QED) is 0.648. The molecule has 0 saturated heterocycles. The topological polar surface area (TPSA) is 65.1 Å². The first kappa shape index (κ1) is 21.7. The van der Waals surface area contributed by atoms with E-state index in [1.54, 1.807) is 30.0 Å². The van der Waals surface area contributed by atoms with Gasteiger partial charge in [-0.05, 0) is 48.6 Å². The third-order valence-corrected chi connectivity index (χ3v) is 5.05. The molecular weight excluding hydrogens is 382 g/mol. The van der Waals surface area contributed by atoms with E-state index in [1.807, 2.05) is 18.2 Å². The highest BCUT2D eigenvalue weighted by Crippen LogP contribution is 2.29. The molecule has 1 aliphatic heterocycles. The fraction of sp³-hybridized carbons (Fsp3) is 0.417. The SMILES string of the molecule is COc1cc(C(=O)O[C@H](C)C(=O)N2CCc3ccccc3C2)ccc1OCC(C)C. The first-order chi connectivity index (χ1) is 14.4. The molecule has 0 aromatic heterocycles. The molecule has 0 bridgehead atoms. The Kier molecular flexibility index (Phi) is 6.98. The van der Waals surface area contributed by atoms with Crippen molar-refractivity contribution in [2.24, 2.45) is 5.92 Å². The lowest BCUT2D eigenvalue weighted by atomic mass is 9.99. The summed E-state index contributed by atoms with van der Waals surface area (Å²) in [5.74, 6) is 0.632. The number of benzene rings is 2. The number of ether oxygens (including phenoxy) is 3. The molecule has 2 aromatic carbocycles. The number of hydrogen-bond acceptors (Lipinski definition) is 5. The van der Waals surface area contributed by atoms with Crippen LogP contribution in [0.25, 0.3) is 0 Å². The highest BCUT2D eigenvalue weighted by atomic mass is 16.5. The van der Waals surface area contributed by atoms with Crippen molar-refractivity contribution in [3.8, 4) is 11.5 Å². The second-order valence-electron chi connectivity index (χ2n) is 7.90. The predicted molar refractivity (Wildman–Crippen MR) is 114 cm³/mol. The Hall–Kier alpha value is -3.02. The van der Waals surface area contributed by atoms with Crippen molar-refractivity contribution >= 4 is 11.9 Å². The van der Waals surface area contributed by atoms with Gasteiger partial charge in [-0.1, -0.05) is 38.1 Å². The standard InChI is InChI=1S/C24H29NO5/c1-16(2)15-29-21-10-9-19(13-22(21)28-4)24(27)30-17(3)23(26)25-12-11-18-7-5-6-8-20(18)14-25/h5-10,13,16-17H,11-12,14-15H2,1-4H3/t17-/m1/s1. The first-order valence-corrected chi connectivity index (χ1v) is 10.3. The lowest BCUT2D eigenvalue weighted by molar-refractivity contribution is -0.140. The summed E-state index contributed by atoms with van der Waals surface area (Å²) >= 11 is 0. The highest BCUT2D eigenvalue weighted by Gasteiger charge is 2.27. The average molecular weight is 411 g/mol. The summed E-state index contributed by atoms with van der Waals surface area (Å²) in [5.41, 5.74) is 2.71. The van der Waals surface area contributed by atoms with E-state index in [-0.39, 0.29) is 5.91 Å². The Bertz CT molecular complexity index is 908. The van der Waals surface area contributed by atoms with Crippen molar-refractivity contribution in [2.75, 3.05) is 20.3 Å². The first-order valence-electron chi connectivity index (χ1n) is 10.3. The van der Waals surface area contributed by atoms with Crippen LogP contribution >= 0.6 is 0 Å². The number of rotatable bonds is 7. The minimum atomic E-state index is -0.870. The molecule has 1 atom stereocenters. The minimum Gasteiger partial charge on any atom is -0.493 e. The van der Waals surface area contributed by atoms with Crippen LogP contribution < -0.4 is 9.47 Å². The monoisotopic (exact) mass is 411 g/mol. The second kappa shape index (κ2) is 9.65. The molecule has 2 aromatic rings. The Balaban J connectivity index is 1.63. The molecule has 3 rings (SSSR count). The molecule has 0 fully saturated rings. The van der Waals surface area contributed by atoms with Crippen LogP contribution in [0, 0.1) is 5.92 Å². The van der Waals surface area contributed by atoms with Gasteiger partial charge in [-0.2, -0.15) is 0 Å². The summed E-state index contributed by atoms with van der Waals surface area (Å²) < 4.78 is 16.5. The summed E-state index contributed by atoms with van der Waals surface area (Å²) in [6.45, 7) is 7.41. The number of carbonyl (C=O) groups excluding carboxylic acids is 2. The van der Waals surface area contributed by atoms with Gasteiger partial charge in [-0.3, -0.25) is 4.79 Å². The Labute approximate surface area is 177 Å². The predicted octanol–water partition coefficient (Wildman–Crippen LogP) is 3.86. The van der Waals surface area contributed by atoms with Crippen molar-refractivity contribution in [1.29, 1.82) is 0 Å². The Morgan fingerprint density at radius 3 is 2.47 bits per heavy atom. The molecule has 0 N–H and O–H groups in total. The lowest BCUT2D eigenvalue weighted by Gasteiger charge is -2.30. The zero-order chi connectivity index (χ0) is 21.7. The van der Waals surface area contributed by atoms with E-state index >= 15 is 0 Å². The number of hydrogen-bond donors (Lipinski definition) is 0. The normalized spacial score (nSPS) is 14.1. The summed E-state index contributed by atoms with van der Waals surface area (Å²) in [5, 5.41) is 0. The van der Waals surface area contributed by atoms with Crippen molar-refractivity contribution in [1.82, 2.24) is 4.90 Å². The molecule has 0 aliphatic carbocycles. The number of methoxy groups -OCH3 is 1. The molecule has 6 nitrogen and oxygen atoms in total. The van der Waals surface area contributed by atoms with Crippen LogP contribution in [0.4, 0.5) is 0 Å². The fourth-order valence-corrected chi connectivity index (χ4v) is 3.39. The lowest BCUT2D eigenvalue weighted by Crippen LogP contribution is -2.42. The summed E-state index contributed by atoms with van der Waals surface area (Å²) in [6.07, 6.45) is -0.0666. The number of fused-ring (bicyclic) bond motifs is 1. The second-order valence-corrected chi connectivity index (χ2v) is 7.90. The Morgan fingerprint density at radius 1 is 1.03 bits per heavy atom. The molecule has 30 heavy (non-hydrogen) atoms.